The van der Waals surface area contributed by atoms with Gasteiger partial charge in [-0.2, -0.15) is 0 Å². The van der Waals surface area contributed by atoms with Crippen molar-refractivity contribution in [1.29, 1.82) is 0 Å². The fraction of sp³-hybridized carbons (Fsp3) is 1.00. The Labute approximate surface area is 165 Å². The molecular formula is C23H39NO3. The molecule has 1 heterocycles. The van der Waals surface area contributed by atoms with Gasteiger partial charge in [0.05, 0.1) is 24.4 Å². The second kappa shape index (κ2) is 6.17. The molecule has 4 heteroatoms. The number of rotatable bonds is 3. The third-order valence-corrected chi connectivity index (χ3v) is 9.79. The summed E-state index contributed by atoms with van der Waals surface area (Å²) in [4.78, 5) is 2.52. The van der Waals surface area contributed by atoms with Crippen molar-refractivity contribution < 1.29 is 14.6 Å². The van der Waals surface area contributed by atoms with Gasteiger partial charge in [-0.1, -0.05) is 13.8 Å². The molecule has 154 valence electrons. The van der Waals surface area contributed by atoms with Crippen molar-refractivity contribution in [2.24, 2.45) is 34.5 Å². The Morgan fingerprint density at radius 1 is 1.11 bits per heavy atom. The second-order valence-electron chi connectivity index (χ2n) is 11.1. The fourth-order valence-corrected chi connectivity index (χ4v) is 8.57. The molecule has 0 aromatic heterocycles. The zero-order valence-corrected chi connectivity index (χ0v) is 17.9. The Bertz CT molecular complexity index is 596. The molecule has 27 heavy (non-hydrogen) atoms. The van der Waals surface area contributed by atoms with Crippen molar-refractivity contribution in [2.45, 2.75) is 89.8 Å². The van der Waals surface area contributed by atoms with Gasteiger partial charge in [0.2, 0.25) is 0 Å². The van der Waals surface area contributed by atoms with Gasteiger partial charge in [-0.3, -0.25) is 0 Å². The molecule has 5 fully saturated rings. The van der Waals surface area contributed by atoms with Crippen LogP contribution in [-0.2, 0) is 9.47 Å². The van der Waals surface area contributed by atoms with Gasteiger partial charge in [0, 0.05) is 18.1 Å². The Kier molecular flexibility index (Phi) is 4.30. The zero-order valence-electron chi connectivity index (χ0n) is 17.9. The molecule has 0 aromatic rings. The van der Waals surface area contributed by atoms with Gasteiger partial charge in [0.15, 0.2) is 0 Å². The highest BCUT2D eigenvalue weighted by Gasteiger charge is 2.70. The Morgan fingerprint density at radius 2 is 1.89 bits per heavy atom. The van der Waals surface area contributed by atoms with E-state index >= 15 is 0 Å². The Morgan fingerprint density at radius 3 is 2.59 bits per heavy atom. The molecule has 0 spiro atoms. The lowest BCUT2D eigenvalue weighted by atomic mass is 9.43. The van der Waals surface area contributed by atoms with E-state index in [1.807, 2.05) is 0 Å². The zero-order chi connectivity index (χ0) is 19.1. The minimum absolute atomic E-state index is 0.0198. The minimum Gasteiger partial charge on any atom is -0.390 e. The van der Waals surface area contributed by atoms with Crippen LogP contribution in [0.2, 0.25) is 0 Å². The van der Waals surface area contributed by atoms with E-state index in [1.54, 1.807) is 0 Å². The summed E-state index contributed by atoms with van der Waals surface area (Å²) in [7, 11) is 4.58. The van der Waals surface area contributed by atoms with Crippen molar-refractivity contribution >= 4 is 0 Å². The van der Waals surface area contributed by atoms with Crippen molar-refractivity contribution in [2.75, 3.05) is 20.7 Å². The van der Waals surface area contributed by atoms with Gasteiger partial charge in [-0.05, 0) is 88.6 Å². The second-order valence-corrected chi connectivity index (χ2v) is 11.1. The molecule has 0 amide bonds. The number of nitrogens with zero attached hydrogens (tertiary/aromatic N) is 1. The molecule has 0 radical (unpaired) electrons. The van der Waals surface area contributed by atoms with Crippen molar-refractivity contribution in [3.63, 3.8) is 0 Å². The van der Waals surface area contributed by atoms with Crippen molar-refractivity contribution in [3.8, 4) is 0 Å². The van der Waals surface area contributed by atoms with E-state index in [9.17, 15) is 5.11 Å². The highest BCUT2D eigenvalue weighted by Crippen LogP contribution is 2.70. The summed E-state index contributed by atoms with van der Waals surface area (Å²) in [5, 5.41) is 10.7. The lowest BCUT2D eigenvalue weighted by molar-refractivity contribution is -0.191. The number of aliphatic hydroxyl groups excluding tert-OH is 1. The number of epoxide rings is 1. The first kappa shape index (κ1) is 18.8. The summed E-state index contributed by atoms with van der Waals surface area (Å²) in [5.41, 5.74) is 0.656. The first-order valence-electron chi connectivity index (χ1n) is 11.4. The maximum absolute atomic E-state index is 10.7. The minimum atomic E-state index is -0.279. The average molecular weight is 378 g/mol. The number of ether oxygens (including phenoxy) is 2. The molecule has 5 aliphatic rings. The van der Waals surface area contributed by atoms with Crippen LogP contribution in [0.15, 0.2) is 0 Å². The number of fused-ring (bicyclic) bond motifs is 7. The molecule has 1 N–H and O–H groups in total. The van der Waals surface area contributed by atoms with Crippen LogP contribution in [0.5, 0.6) is 0 Å². The standard InChI is InChI=1S/C23H39NO3/c1-6-26-19-12-22(2)13(9-17(19)25)7-8-14-15-10-18-21(27-18)23(15,3)11-16(20(14)22)24(4)5/h13-21,25H,6-12H2,1-5H3/t13?,14-,15-,16?,17?,18?,19?,20-,21?,22-,23-/m0/s1. The molecule has 1 aliphatic heterocycles. The first-order chi connectivity index (χ1) is 12.8. The third kappa shape index (κ3) is 2.55. The number of hydrogen-bond donors (Lipinski definition) is 1. The first-order valence-corrected chi connectivity index (χ1v) is 11.4. The SMILES string of the molecule is CCOC1C[C@@]2(C)C(CC[C@@H]3[C@H]2C(N(C)C)C[C@]2(C)C4OC4C[C@@H]32)CC1O. The van der Waals surface area contributed by atoms with Crippen LogP contribution in [-0.4, -0.2) is 61.2 Å². The van der Waals surface area contributed by atoms with E-state index in [1.165, 1.54) is 25.7 Å². The van der Waals surface area contributed by atoms with Gasteiger partial charge in [0.25, 0.3) is 0 Å². The van der Waals surface area contributed by atoms with Gasteiger partial charge in [0.1, 0.15) is 0 Å². The summed E-state index contributed by atoms with van der Waals surface area (Å²) < 4.78 is 12.1. The molecule has 11 atom stereocenters. The van der Waals surface area contributed by atoms with E-state index in [0.29, 0.717) is 36.2 Å². The van der Waals surface area contributed by atoms with Crippen LogP contribution in [0.1, 0.15) is 59.3 Å². The van der Waals surface area contributed by atoms with Gasteiger partial charge >= 0.3 is 0 Å². The molecule has 1 saturated heterocycles. The van der Waals surface area contributed by atoms with Crippen LogP contribution in [0.25, 0.3) is 0 Å². The molecule has 4 saturated carbocycles. The van der Waals surface area contributed by atoms with E-state index in [0.717, 1.165) is 30.6 Å². The summed E-state index contributed by atoms with van der Waals surface area (Å²) in [6.07, 6.45) is 7.99. The number of hydrogen-bond acceptors (Lipinski definition) is 4. The van der Waals surface area contributed by atoms with E-state index in [2.05, 4.69) is 39.8 Å². The number of aliphatic hydroxyl groups is 1. The molecule has 4 aliphatic carbocycles. The quantitative estimate of drug-likeness (QED) is 0.767. The van der Waals surface area contributed by atoms with Crippen LogP contribution >= 0.6 is 0 Å². The lowest BCUT2D eigenvalue weighted by Crippen LogP contribution is -2.63. The summed E-state index contributed by atoms with van der Waals surface area (Å²) >= 11 is 0. The van der Waals surface area contributed by atoms with E-state index in [4.69, 9.17) is 9.47 Å². The predicted molar refractivity (Wildman–Crippen MR) is 105 cm³/mol. The normalized spacial score (nSPS) is 59.0. The summed E-state index contributed by atoms with van der Waals surface area (Å²) in [6, 6.07) is 0.615. The molecule has 4 nitrogen and oxygen atoms in total. The smallest absolute Gasteiger partial charge is 0.0898 e. The van der Waals surface area contributed by atoms with Gasteiger partial charge in [-0.25, -0.2) is 0 Å². The average Bonchev–Trinajstić information content (AvgIpc) is 3.33. The Balaban J connectivity index is 1.51. The maximum atomic E-state index is 10.7. The largest absolute Gasteiger partial charge is 0.390 e. The van der Waals surface area contributed by atoms with Gasteiger partial charge < -0.3 is 19.5 Å². The van der Waals surface area contributed by atoms with Crippen LogP contribution in [0, 0.1) is 34.5 Å². The predicted octanol–water partition coefficient (Wildman–Crippen LogP) is 3.32. The molecule has 5 rings (SSSR count). The highest BCUT2D eigenvalue weighted by molar-refractivity contribution is 5.19. The van der Waals surface area contributed by atoms with Crippen molar-refractivity contribution in [3.05, 3.63) is 0 Å². The molecule has 0 aromatic carbocycles. The van der Waals surface area contributed by atoms with E-state index in [-0.39, 0.29) is 17.6 Å². The van der Waals surface area contributed by atoms with E-state index < -0.39 is 0 Å². The maximum Gasteiger partial charge on any atom is 0.0898 e. The Hall–Kier alpha value is -0.160. The molecule has 6 unspecified atom stereocenters. The summed E-state index contributed by atoms with van der Waals surface area (Å²) in [5.74, 6) is 3.01. The monoisotopic (exact) mass is 377 g/mol. The topological polar surface area (TPSA) is 45.2 Å². The van der Waals surface area contributed by atoms with Crippen LogP contribution in [0.3, 0.4) is 0 Å². The lowest BCUT2D eigenvalue weighted by Gasteiger charge is -2.64. The summed E-state index contributed by atoms with van der Waals surface area (Å²) in [6.45, 7) is 7.85. The molecular weight excluding hydrogens is 338 g/mol. The highest BCUT2D eigenvalue weighted by atomic mass is 16.6. The van der Waals surface area contributed by atoms with Gasteiger partial charge in [-0.15, -0.1) is 0 Å². The fourth-order valence-electron chi connectivity index (χ4n) is 8.57. The van der Waals surface area contributed by atoms with Crippen LogP contribution in [0.4, 0.5) is 0 Å². The third-order valence-electron chi connectivity index (χ3n) is 9.79. The molecule has 0 bridgehead atoms. The van der Waals surface area contributed by atoms with Crippen molar-refractivity contribution in [1.82, 2.24) is 4.90 Å². The van der Waals surface area contributed by atoms with Crippen LogP contribution < -0.4 is 0 Å².